The van der Waals surface area contributed by atoms with Crippen LogP contribution in [0.3, 0.4) is 0 Å². The molecule has 0 saturated carbocycles. The maximum atomic E-state index is 10.9. The van der Waals surface area contributed by atoms with Gasteiger partial charge in [0.2, 0.25) is 5.91 Å². The van der Waals surface area contributed by atoms with Crippen molar-refractivity contribution in [2.75, 3.05) is 0 Å². The average Bonchev–Trinajstić information content (AvgIpc) is 2.28. The Kier molecular flexibility index (Phi) is 2.73. The highest BCUT2D eigenvalue weighted by Gasteiger charge is 1.98. The number of hydrogen-bond acceptors (Lipinski definition) is 1. The molecule has 2 heteroatoms. The number of amides is 1. The highest BCUT2D eigenvalue weighted by Crippen LogP contribution is 2.17. The van der Waals surface area contributed by atoms with Crippen LogP contribution in [0.4, 0.5) is 0 Å². The van der Waals surface area contributed by atoms with Gasteiger partial charge in [0.05, 0.1) is 0 Å². The Morgan fingerprint density at radius 2 is 1.81 bits per heavy atom. The van der Waals surface area contributed by atoms with Gasteiger partial charge in [0, 0.05) is 5.57 Å². The number of carbonyl (C=O) groups is 1. The lowest BCUT2D eigenvalue weighted by molar-refractivity contribution is -0.114. The quantitative estimate of drug-likeness (QED) is 0.762. The summed E-state index contributed by atoms with van der Waals surface area (Å²) in [6.07, 6.45) is 1.80. The molecular formula is C14H13NO. The summed E-state index contributed by atoms with van der Waals surface area (Å²) in [6.45, 7) is 1.72. The molecule has 0 saturated heterocycles. The van der Waals surface area contributed by atoms with Crippen molar-refractivity contribution < 1.29 is 4.79 Å². The largest absolute Gasteiger partial charge is 0.366 e. The number of rotatable bonds is 2. The van der Waals surface area contributed by atoms with Crippen LogP contribution in [0.2, 0.25) is 0 Å². The third kappa shape index (κ3) is 2.11. The normalized spacial score (nSPS) is 11.7. The molecule has 80 valence electrons. The summed E-state index contributed by atoms with van der Waals surface area (Å²) in [6, 6.07) is 14.2. The van der Waals surface area contributed by atoms with Gasteiger partial charge in [-0.05, 0) is 35.4 Å². The number of primary amides is 1. The van der Waals surface area contributed by atoms with E-state index in [9.17, 15) is 4.79 Å². The smallest absolute Gasteiger partial charge is 0.244 e. The van der Waals surface area contributed by atoms with Crippen molar-refractivity contribution >= 4 is 22.8 Å². The van der Waals surface area contributed by atoms with E-state index >= 15 is 0 Å². The summed E-state index contributed by atoms with van der Waals surface area (Å²) in [4.78, 5) is 10.9. The Hall–Kier alpha value is -2.09. The standard InChI is InChI=1S/C14H13NO/c1-10(14(15)16)8-11-6-7-12-4-2-3-5-13(12)9-11/h2-9H,1H3,(H2,15,16)/b10-8+. The van der Waals surface area contributed by atoms with Crippen molar-refractivity contribution in [3.8, 4) is 0 Å². The van der Waals surface area contributed by atoms with Crippen molar-refractivity contribution in [3.63, 3.8) is 0 Å². The molecule has 0 aliphatic heterocycles. The van der Waals surface area contributed by atoms with Crippen LogP contribution in [0.1, 0.15) is 12.5 Å². The second-order valence-corrected chi connectivity index (χ2v) is 3.80. The van der Waals surface area contributed by atoms with Gasteiger partial charge in [-0.1, -0.05) is 36.4 Å². The summed E-state index contributed by atoms with van der Waals surface area (Å²) in [5.41, 5.74) is 6.75. The van der Waals surface area contributed by atoms with Gasteiger partial charge >= 0.3 is 0 Å². The lowest BCUT2D eigenvalue weighted by Crippen LogP contribution is -2.11. The molecule has 1 amide bonds. The minimum Gasteiger partial charge on any atom is -0.366 e. The molecule has 2 aromatic rings. The molecule has 0 atom stereocenters. The maximum Gasteiger partial charge on any atom is 0.244 e. The molecule has 0 aliphatic rings. The third-order valence-corrected chi connectivity index (χ3v) is 2.55. The van der Waals surface area contributed by atoms with E-state index in [1.807, 2.05) is 36.4 Å². The van der Waals surface area contributed by atoms with Crippen molar-refractivity contribution in [3.05, 3.63) is 53.6 Å². The van der Waals surface area contributed by atoms with Gasteiger partial charge in [-0.2, -0.15) is 0 Å². The zero-order valence-electron chi connectivity index (χ0n) is 9.10. The van der Waals surface area contributed by atoms with Crippen LogP contribution >= 0.6 is 0 Å². The first-order valence-electron chi connectivity index (χ1n) is 5.14. The zero-order valence-corrected chi connectivity index (χ0v) is 9.10. The molecule has 2 rings (SSSR count). The lowest BCUT2D eigenvalue weighted by Gasteiger charge is -2.00. The van der Waals surface area contributed by atoms with E-state index < -0.39 is 0 Å². The van der Waals surface area contributed by atoms with Gasteiger partial charge < -0.3 is 5.73 Å². The Bertz CT molecular complexity index is 570. The van der Waals surface area contributed by atoms with E-state index in [-0.39, 0.29) is 5.91 Å². The Balaban J connectivity index is 2.47. The first-order valence-corrected chi connectivity index (χ1v) is 5.14. The Labute approximate surface area is 94.4 Å². The van der Waals surface area contributed by atoms with Gasteiger partial charge in [-0.3, -0.25) is 4.79 Å². The molecule has 0 fully saturated rings. The Morgan fingerprint density at radius 3 is 2.50 bits per heavy atom. The average molecular weight is 211 g/mol. The highest BCUT2D eigenvalue weighted by atomic mass is 16.1. The molecule has 0 spiro atoms. The molecule has 0 bridgehead atoms. The molecule has 0 radical (unpaired) electrons. The zero-order chi connectivity index (χ0) is 11.5. The van der Waals surface area contributed by atoms with Crippen LogP contribution in [0.15, 0.2) is 48.0 Å². The Morgan fingerprint density at radius 1 is 1.12 bits per heavy atom. The molecule has 0 aromatic heterocycles. The number of hydrogen-bond donors (Lipinski definition) is 1. The molecular weight excluding hydrogens is 198 g/mol. The van der Waals surface area contributed by atoms with Gasteiger partial charge in [0.25, 0.3) is 0 Å². The molecule has 0 aliphatic carbocycles. The molecule has 2 aromatic carbocycles. The SMILES string of the molecule is C/C(=C\c1ccc2ccccc2c1)C(N)=O. The van der Waals surface area contributed by atoms with Crippen molar-refractivity contribution in [2.45, 2.75) is 6.92 Å². The summed E-state index contributed by atoms with van der Waals surface area (Å²) in [5.74, 6) is -0.381. The van der Waals surface area contributed by atoms with Crippen LogP contribution < -0.4 is 5.73 Å². The van der Waals surface area contributed by atoms with E-state index in [4.69, 9.17) is 5.73 Å². The van der Waals surface area contributed by atoms with E-state index in [0.717, 1.165) is 10.9 Å². The van der Waals surface area contributed by atoms with E-state index in [1.54, 1.807) is 13.0 Å². The molecule has 0 heterocycles. The monoisotopic (exact) mass is 211 g/mol. The van der Waals surface area contributed by atoms with Crippen LogP contribution in [-0.4, -0.2) is 5.91 Å². The molecule has 0 unspecified atom stereocenters. The third-order valence-electron chi connectivity index (χ3n) is 2.55. The van der Waals surface area contributed by atoms with Gasteiger partial charge in [0.1, 0.15) is 0 Å². The summed E-state index contributed by atoms with van der Waals surface area (Å²) in [7, 11) is 0. The number of carbonyl (C=O) groups excluding carboxylic acids is 1. The van der Waals surface area contributed by atoms with Gasteiger partial charge in [-0.25, -0.2) is 0 Å². The second-order valence-electron chi connectivity index (χ2n) is 3.80. The topological polar surface area (TPSA) is 43.1 Å². The minimum absolute atomic E-state index is 0.381. The van der Waals surface area contributed by atoms with E-state index in [0.29, 0.717) is 5.57 Å². The number of nitrogens with two attached hydrogens (primary N) is 1. The predicted molar refractivity (Wildman–Crippen MR) is 66.8 cm³/mol. The second kappa shape index (κ2) is 4.19. The van der Waals surface area contributed by atoms with E-state index in [2.05, 4.69) is 6.07 Å². The first kappa shape index (κ1) is 10.4. The van der Waals surface area contributed by atoms with E-state index in [1.165, 1.54) is 5.39 Å². The fraction of sp³-hybridized carbons (Fsp3) is 0.0714. The van der Waals surface area contributed by atoms with Crippen LogP contribution in [0, 0.1) is 0 Å². The lowest BCUT2D eigenvalue weighted by atomic mass is 10.1. The minimum atomic E-state index is -0.381. The maximum absolute atomic E-state index is 10.9. The summed E-state index contributed by atoms with van der Waals surface area (Å²) >= 11 is 0. The van der Waals surface area contributed by atoms with Gasteiger partial charge in [-0.15, -0.1) is 0 Å². The van der Waals surface area contributed by atoms with Crippen LogP contribution in [0.5, 0.6) is 0 Å². The number of benzene rings is 2. The fourth-order valence-corrected chi connectivity index (χ4v) is 1.62. The highest BCUT2D eigenvalue weighted by molar-refractivity contribution is 5.96. The molecule has 2 nitrogen and oxygen atoms in total. The van der Waals surface area contributed by atoms with Gasteiger partial charge in [0.15, 0.2) is 0 Å². The molecule has 2 N–H and O–H groups in total. The predicted octanol–water partition coefficient (Wildman–Crippen LogP) is 2.73. The van der Waals surface area contributed by atoms with Crippen LogP contribution in [-0.2, 0) is 4.79 Å². The van der Waals surface area contributed by atoms with Crippen molar-refractivity contribution in [2.24, 2.45) is 5.73 Å². The van der Waals surface area contributed by atoms with Crippen LogP contribution in [0.25, 0.3) is 16.8 Å². The molecule has 16 heavy (non-hydrogen) atoms. The number of fused-ring (bicyclic) bond motifs is 1. The van der Waals surface area contributed by atoms with Crippen molar-refractivity contribution in [1.82, 2.24) is 0 Å². The first-order chi connectivity index (χ1) is 7.66. The van der Waals surface area contributed by atoms with Crippen molar-refractivity contribution in [1.29, 1.82) is 0 Å². The summed E-state index contributed by atoms with van der Waals surface area (Å²) < 4.78 is 0. The summed E-state index contributed by atoms with van der Waals surface area (Å²) in [5, 5.41) is 2.35. The fourth-order valence-electron chi connectivity index (χ4n) is 1.62.